The van der Waals surface area contributed by atoms with Gasteiger partial charge in [0.05, 0.1) is 13.2 Å². The Kier molecular flexibility index (Phi) is 3.80. The molecule has 15 heavy (non-hydrogen) atoms. The lowest BCUT2D eigenvalue weighted by molar-refractivity contribution is 0.0596. The molecule has 0 aliphatic carbocycles. The number of halogens is 2. The van der Waals surface area contributed by atoms with Gasteiger partial charge in [0, 0.05) is 6.07 Å². The van der Waals surface area contributed by atoms with Crippen molar-refractivity contribution in [3.05, 3.63) is 35.4 Å². The van der Waals surface area contributed by atoms with Gasteiger partial charge in [0.25, 0.3) is 0 Å². The highest BCUT2D eigenvalue weighted by Gasteiger charge is 2.10. The van der Waals surface area contributed by atoms with E-state index in [0.717, 1.165) is 6.07 Å². The van der Waals surface area contributed by atoms with Crippen LogP contribution in [0.25, 0.3) is 0 Å². The van der Waals surface area contributed by atoms with Gasteiger partial charge < -0.3 is 4.74 Å². The lowest BCUT2D eigenvalue weighted by atomic mass is 9.99. The second-order valence-corrected chi connectivity index (χ2v) is 4.83. The van der Waals surface area contributed by atoms with Gasteiger partial charge in [-0.2, -0.15) is 0 Å². The third-order valence-electron chi connectivity index (χ3n) is 1.73. The van der Waals surface area contributed by atoms with E-state index in [9.17, 15) is 8.78 Å². The zero-order valence-electron chi connectivity index (χ0n) is 9.31. The van der Waals surface area contributed by atoms with Gasteiger partial charge in [0.1, 0.15) is 11.6 Å². The van der Waals surface area contributed by atoms with Gasteiger partial charge in [-0.15, -0.1) is 0 Å². The van der Waals surface area contributed by atoms with Crippen molar-refractivity contribution >= 4 is 0 Å². The lowest BCUT2D eigenvalue weighted by Crippen LogP contribution is -2.14. The molecular formula is C12H16F2O. The van der Waals surface area contributed by atoms with E-state index in [1.165, 1.54) is 12.1 Å². The van der Waals surface area contributed by atoms with E-state index >= 15 is 0 Å². The third-order valence-corrected chi connectivity index (χ3v) is 1.73. The van der Waals surface area contributed by atoms with Crippen LogP contribution in [0, 0.1) is 17.0 Å². The molecule has 0 atom stereocenters. The molecule has 0 amide bonds. The molecule has 1 aromatic carbocycles. The molecule has 84 valence electrons. The standard InChI is InChI=1S/C12H16F2O/c1-12(2,3)8-15-7-9-4-10(13)6-11(14)5-9/h4-6H,7-8H2,1-3H3. The molecule has 0 radical (unpaired) electrons. The van der Waals surface area contributed by atoms with E-state index < -0.39 is 11.6 Å². The number of benzene rings is 1. The molecule has 0 heterocycles. The second-order valence-electron chi connectivity index (χ2n) is 4.83. The lowest BCUT2D eigenvalue weighted by Gasteiger charge is -2.17. The first-order valence-electron chi connectivity index (χ1n) is 4.89. The summed E-state index contributed by atoms with van der Waals surface area (Å²) >= 11 is 0. The van der Waals surface area contributed by atoms with Gasteiger partial charge in [-0.1, -0.05) is 20.8 Å². The van der Waals surface area contributed by atoms with Crippen LogP contribution < -0.4 is 0 Å². The van der Waals surface area contributed by atoms with Crippen LogP contribution in [0.2, 0.25) is 0 Å². The maximum absolute atomic E-state index is 12.8. The molecule has 1 nitrogen and oxygen atoms in total. The highest BCUT2D eigenvalue weighted by molar-refractivity contribution is 5.16. The van der Waals surface area contributed by atoms with Gasteiger partial charge in [-0.05, 0) is 23.1 Å². The number of rotatable bonds is 3. The predicted molar refractivity (Wildman–Crippen MR) is 55.5 cm³/mol. The summed E-state index contributed by atoms with van der Waals surface area (Å²) in [4.78, 5) is 0. The molecule has 0 bridgehead atoms. The van der Waals surface area contributed by atoms with Gasteiger partial charge in [-0.25, -0.2) is 8.78 Å². The average Bonchev–Trinajstić information content (AvgIpc) is 1.99. The highest BCUT2D eigenvalue weighted by atomic mass is 19.1. The first-order chi connectivity index (χ1) is 6.87. The van der Waals surface area contributed by atoms with Crippen LogP contribution >= 0.6 is 0 Å². The van der Waals surface area contributed by atoms with Crippen molar-refractivity contribution in [3.8, 4) is 0 Å². The SMILES string of the molecule is CC(C)(C)COCc1cc(F)cc(F)c1. The molecule has 0 spiro atoms. The Morgan fingerprint density at radius 3 is 2.07 bits per heavy atom. The van der Waals surface area contributed by atoms with Gasteiger partial charge in [0.15, 0.2) is 0 Å². The molecule has 1 aromatic rings. The second kappa shape index (κ2) is 4.71. The summed E-state index contributed by atoms with van der Waals surface area (Å²) < 4.78 is 30.9. The van der Waals surface area contributed by atoms with Crippen LogP contribution in [0.3, 0.4) is 0 Å². The monoisotopic (exact) mass is 214 g/mol. The quantitative estimate of drug-likeness (QED) is 0.748. The van der Waals surface area contributed by atoms with Crippen molar-refractivity contribution in [1.29, 1.82) is 0 Å². The van der Waals surface area contributed by atoms with E-state index in [-0.39, 0.29) is 12.0 Å². The average molecular weight is 214 g/mol. The summed E-state index contributed by atoms with van der Waals surface area (Å²) in [7, 11) is 0. The molecule has 0 saturated heterocycles. The van der Waals surface area contributed by atoms with E-state index in [1.807, 2.05) is 20.8 Å². The molecule has 0 aliphatic heterocycles. The fourth-order valence-electron chi connectivity index (χ4n) is 1.17. The summed E-state index contributed by atoms with van der Waals surface area (Å²) in [6.45, 7) is 6.93. The van der Waals surface area contributed by atoms with E-state index in [2.05, 4.69) is 0 Å². The van der Waals surface area contributed by atoms with Crippen molar-refractivity contribution < 1.29 is 13.5 Å². The smallest absolute Gasteiger partial charge is 0.126 e. The Morgan fingerprint density at radius 2 is 1.60 bits per heavy atom. The Bertz CT molecular complexity index is 309. The minimum Gasteiger partial charge on any atom is -0.376 e. The minimum absolute atomic E-state index is 0.0614. The van der Waals surface area contributed by atoms with E-state index in [1.54, 1.807) is 0 Å². The van der Waals surface area contributed by atoms with Crippen LogP contribution in [0.1, 0.15) is 26.3 Å². The van der Waals surface area contributed by atoms with Crippen molar-refractivity contribution in [3.63, 3.8) is 0 Å². The van der Waals surface area contributed by atoms with Crippen molar-refractivity contribution in [2.24, 2.45) is 5.41 Å². The minimum atomic E-state index is -0.565. The molecule has 0 saturated carbocycles. The fraction of sp³-hybridized carbons (Fsp3) is 0.500. The summed E-state index contributed by atoms with van der Waals surface area (Å²) in [5, 5.41) is 0. The largest absolute Gasteiger partial charge is 0.376 e. The molecule has 0 aliphatic rings. The molecule has 0 fully saturated rings. The van der Waals surface area contributed by atoms with Gasteiger partial charge >= 0.3 is 0 Å². The highest BCUT2D eigenvalue weighted by Crippen LogP contribution is 2.15. The van der Waals surface area contributed by atoms with Crippen molar-refractivity contribution in [2.45, 2.75) is 27.4 Å². The summed E-state index contributed by atoms with van der Waals surface area (Å²) in [6, 6.07) is 3.42. The maximum Gasteiger partial charge on any atom is 0.126 e. The summed E-state index contributed by atoms with van der Waals surface area (Å²) in [5.41, 5.74) is 0.586. The normalized spacial score (nSPS) is 11.8. The Balaban J connectivity index is 2.51. The van der Waals surface area contributed by atoms with Gasteiger partial charge in [-0.3, -0.25) is 0 Å². The summed E-state index contributed by atoms with van der Waals surface area (Å²) in [5.74, 6) is -1.13. The zero-order chi connectivity index (χ0) is 11.5. The van der Waals surface area contributed by atoms with Crippen LogP contribution in [0.4, 0.5) is 8.78 Å². The Hall–Kier alpha value is -0.960. The van der Waals surface area contributed by atoms with Gasteiger partial charge in [0.2, 0.25) is 0 Å². The maximum atomic E-state index is 12.8. The molecule has 0 unspecified atom stereocenters. The topological polar surface area (TPSA) is 9.23 Å². The Labute approximate surface area is 89.1 Å². The predicted octanol–water partition coefficient (Wildman–Crippen LogP) is 3.53. The number of hydrogen-bond acceptors (Lipinski definition) is 1. The molecule has 0 aromatic heterocycles. The van der Waals surface area contributed by atoms with Crippen LogP contribution in [-0.4, -0.2) is 6.61 Å². The first-order valence-corrected chi connectivity index (χ1v) is 4.89. The number of hydrogen-bond donors (Lipinski definition) is 0. The van der Waals surface area contributed by atoms with Crippen LogP contribution in [-0.2, 0) is 11.3 Å². The molecular weight excluding hydrogens is 198 g/mol. The zero-order valence-corrected chi connectivity index (χ0v) is 9.31. The number of ether oxygens (including phenoxy) is 1. The Morgan fingerprint density at radius 1 is 1.07 bits per heavy atom. The molecule has 0 N–H and O–H groups in total. The molecule has 3 heteroatoms. The van der Waals surface area contributed by atoms with Crippen LogP contribution in [0.5, 0.6) is 0 Å². The fourth-order valence-corrected chi connectivity index (χ4v) is 1.17. The molecule has 1 rings (SSSR count). The first kappa shape index (κ1) is 12.1. The van der Waals surface area contributed by atoms with Crippen molar-refractivity contribution in [1.82, 2.24) is 0 Å². The summed E-state index contributed by atoms with van der Waals surface area (Å²) in [6.07, 6.45) is 0. The van der Waals surface area contributed by atoms with E-state index in [0.29, 0.717) is 12.2 Å². The van der Waals surface area contributed by atoms with E-state index in [4.69, 9.17) is 4.74 Å². The third kappa shape index (κ3) is 4.88. The van der Waals surface area contributed by atoms with Crippen molar-refractivity contribution in [2.75, 3.05) is 6.61 Å². The van der Waals surface area contributed by atoms with Crippen LogP contribution in [0.15, 0.2) is 18.2 Å².